The van der Waals surface area contributed by atoms with Crippen molar-refractivity contribution in [2.24, 2.45) is 0 Å². The fraction of sp³-hybridized carbons (Fsp3) is 0.535. The SMILES string of the molecule is COC(=O)NCCOCCOCCOCCOCCOCCOCCOCCOCCC(=O)N1CCc2cc(Cn3nc(-c4ccc5oc(N)nc5c4)c4c(N)ncnc43)ccc2C1. The molecule has 0 fully saturated rings. The highest BCUT2D eigenvalue weighted by atomic mass is 16.6. The highest BCUT2D eigenvalue weighted by Crippen LogP contribution is 2.33. The number of nitrogens with one attached hydrogen (secondary N) is 1. The number of methoxy groups -OCH3 is 1. The molecule has 21 heteroatoms. The molecule has 0 radical (unpaired) electrons. The molecule has 2 aromatic carbocycles. The molecule has 1 aliphatic rings. The number of nitrogens with zero attached hydrogens (tertiary/aromatic N) is 6. The summed E-state index contributed by atoms with van der Waals surface area (Å²) in [6.45, 7) is 9.06. The lowest BCUT2D eigenvalue weighted by atomic mass is 9.97. The van der Waals surface area contributed by atoms with Gasteiger partial charge in [0.05, 0.1) is 131 Å². The smallest absolute Gasteiger partial charge is 0.406 e. The Bertz CT molecular complexity index is 2200. The second-order valence-electron chi connectivity index (χ2n) is 14.4. The third kappa shape index (κ3) is 15.0. The predicted molar refractivity (Wildman–Crippen MR) is 233 cm³/mol. The van der Waals surface area contributed by atoms with E-state index in [1.54, 1.807) is 6.07 Å². The first kappa shape index (κ1) is 47.9. The average molecular weight is 894 g/mol. The summed E-state index contributed by atoms with van der Waals surface area (Å²) in [7, 11) is 1.31. The molecular formula is C43H59N9O12. The third-order valence-corrected chi connectivity index (χ3v) is 9.97. The van der Waals surface area contributed by atoms with Crippen LogP contribution in [-0.4, -0.2) is 168 Å². The number of rotatable bonds is 30. The molecule has 21 nitrogen and oxygen atoms in total. The van der Waals surface area contributed by atoms with Crippen LogP contribution in [0.25, 0.3) is 33.4 Å². The lowest BCUT2D eigenvalue weighted by Gasteiger charge is -2.29. The summed E-state index contributed by atoms with van der Waals surface area (Å²) in [4.78, 5) is 38.8. The largest absolute Gasteiger partial charge is 0.453 e. The molecule has 1 aliphatic heterocycles. The van der Waals surface area contributed by atoms with E-state index in [0.29, 0.717) is 172 Å². The van der Waals surface area contributed by atoms with Gasteiger partial charge in [0.25, 0.3) is 6.01 Å². The van der Waals surface area contributed by atoms with Gasteiger partial charge in [0, 0.05) is 25.2 Å². The Labute approximate surface area is 370 Å². The molecule has 348 valence electrons. The molecule has 0 saturated heterocycles. The normalized spacial score (nSPS) is 12.6. The molecule has 5 aromatic rings. The maximum absolute atomic E-state index is 13.0. The zero-order valence-corrected chi connectivity index (χ0v) is 36.3. The summed E-state index contributed by atoms with van der Waals surface area (Å²) in [5, 5.41) is 8.11. The number of carbonyl (C=O) groups is 2. The number of oxazole rings is 1. The summed E-state index contributed by atoms with van der Waals surface area (Å²) in [6, 6.07) is 12.0. The molecule has 0 bridgehead atoms. The van der Waals surface area contributed by atoms with Gasteiger partial charge in [-0.05, 0) is 41.3 Å². The van der Waals surface area contributed by atoms with E-state index in [1.165, 1.54) is 19.0 Å². The van der Waals surface area contributed by atoms with Gasteiger partial charge >= 0.3 is 6.09 Å². The van der Waals surface area contributed by atoms with E-state index >= 15 is 0 Å². The number of ether oxygens (including phenoxy) is 9. The van der Waals surface area contributed by atoms with Crippen LogP contribution in [0.1, 0.15) is 23.1 Å². The Kier molecular flexibility index (Phi) is 19.7. The molecule has 64 heavy (non-hydrogen) atoms. The minimum atomic E-state index is -0.481. The number of aromatic nitrogens is 5. The zero-order valence-electron chi connectivity index (χ0n) is 36.3. The van der Waals surface area contributed by atoms with Gasteiger partial charge in [0.2, 0.25) is 5.91 Å². The lowest BCUT2D eigenvalue weighted by molar-refractivity contribution is -0.133. The lowest BCUT2D eigenvalue weighted by Crippen LogP contribution is -2.36. The van der Waals surface area contributed by atoms with Crippen molar-refractivity contribution in [2.75, 3.05) is 137 Å². The van der Waals surface area contributed by atoms with Gasteiger partial charge in [-0.1, -0.05) is 18.2 Å². The van der Waals surface area contributed by atoms with Crippen molar-refractivity contribution in [1.82, 2.24) is 34.9 Å². The Morgan fingerprint density at radius 2 is 1.34 bits per heavy atom. The van der Waals surface area contributed by atoms with E-state index in [-0.39, 0.29) is 11.9 Å². The first-order chi connectivity index (χ1) is 31.4. The predicted octanol–water partition coefficient (Wildman–Crippen LogP) is 2.61. The monoisotopic (exact) mass is 893 g/mol. The van der Waals surface area contributed by atoms with Gasteiger partial charge in [-0.15, -0.1) is 0 Å². The van der Waals surface area contributed by atoms with Crippen molar-refractivity contribution in [3.05, 3.63) is 59.4 Å². The van der Waals surface area contributed by atoms with Crippen LogP contribution in [0.3, 0.4) is 0 Å². The fourth-order valence-corrected chi connectivity index (χ4v) is 6.78. The van der Waals surface area contributed by atoms with E-state index in [9.17, 15) is 9.59 Å². The summed E-state index contributed by atoms with van der Waals surface area (Å²) in [5.74, 6) is 0.399. The number of carbonyl (C=O) groups excluding carboxylic acids is 2. The van der Waals surface area contributed by atoms with Crippen LogP contribution < -0.4 is 16.8 Å². The highest BCUT2D eigenvalue weighted by molar-refractivity contribution is 5.99. The van der Waals surface area contributed by atoms with Gasteiger partial charge in [-0.25, -0.2) is 19.4 Å². The molecule has 0 atom stereocenters. The Morgan fingerprint density at radius 3 is 1.97 bits per heavy atom. The van der Waals surface area contributed by atoms with Crippen LogP contribution >= 0.6 is 0 Å². The van der Waals surface area contributed by atoms with Crippen LogP contribution in [-0.2, 0) is 66.9 Å². The molecule has 2 amide bonds. The molecule has 6 rings (SSSR count). The highest BCUT2D eigenvalue weighted by Gasteiger charge is 2.22. The molecule has 4 heterocycles. The number of amides is 2. The van der Waals surface area contributed by atoms with Crippen LogP contribution in [0.5, 0.6) is 0 Å². The molecule has 0 saturated carbocycles. The van der Waals surface area contributed by atoms with Gasteiger partial charge in [0.1, 0.15) is 23.4 Å². The number of nitrogens with two attached hydrogens (primary N) is 2. The molecule has 3 aromatic heterocycles. The van der Waals surface area contributed by atoms with Crippen molar-refractivity contribution in [1.29, 1.82) is 0 Å². The Morgan fingerprint density at radius 1 is 0.734 bits per heavy atom. The van der Waals surface area contributed by atoms with Crippen molar-refractivity contribution >= 4 is 46.0 Å². The number of fused-ring (bicyclic) bond motifs is 3. The maximum Gasteiger partial charge on any atom is 0.406 e. The molecule has 0 unspecified atom stereocenters. The van der Waals surface area contributed by atoms with Gasteiger partial charge in [-0.2, -0.15) is 10.1 Å². The number of hydrogen-bond acceptors (Lipinski definition) is 18. The summed E-state index contributed by atoms with van der Waals surface area (Å²) in [5.41, 5.74) is 18.8. The number of nitrogen functional groups attached to an aromatic ring is 2. The average Bonchev–Trinajstić information content (AvgIpc) is 3.87. The minimum Gasteiger partial charge on any atom is -0.453 e. The van der Waals surface area contributed by atoms with E-state index in [2.05, 4.69) is 43.2 Å². The first-order valence-corrected chi connectivity index (χ1v) is 21.3. The Balaban J connectivity index is 0.748. The number of alkyl carbamates (subject to hydrolysis) is 1. The summed E-state index contributed by atoms with van der Waals surface area (Å²) in [6.07, 6.45) is 2.02. The zero-order chi connectivity index (χ0) is 44.8. The second kappa shape index (κ2) is 26.3. The third-order valence-electron chi connectivity index (χ3n) is 9.97. The van der Waals surface area contributed by atoms with E-state index in [4.69, 9.17) is 58.9 Å². The van der Waals surface area contributed by atoms with Gasteiger partial charge in [0.15, 0.2) is 11.2 Å². The second-order valence-corrected chi connectivity index (χ2v) is 14.4. The van der Waals surface area contributed by atoms with Crippen LogP contribution in [0.4, 0.5) is 16.6 Å². The first-order valence-electron chi connectivity index (χ1n) is 21.3. The van der Waals surface area contributed by atoms with E-state index in [1.807, 2.05) is 21.7 Å². The van der Waals surface area contributed by atoms with E-state index < -0.39 is 6.09 Å². The standard InChI is InChI=1S/C43H59N9O12/c1-55-43(54)46-8-11-57-13-15-59-17-19-61-21-23-63-25-24-62-22-20-60-18-16-58-14-12-56-10-7-37(53)51-9-6-32-26-31(2-3-34(32)29-51)28-52-41-38(40(44)47-30-48-41)39(50-52)33-4-5-36-35(27-33)49-42(45)64-36/h2-5,26-27,30H,6-25,28-29H2,1H3,(H2,45,49)(H,46,54)(H2,44,47,48). The molecular weight excluding hydrogens is 835 g/mol. The minimum absolute atomic E-state index is 0.0626. The van der Waals surface area contributed by atoms with Crippen LogP contribution in [0, 0.1) is 0 Å². The number of hydrogen-bond donors (Lipinski definition) is 3. The van der Waals surface area contributed by atoms with Crippen LogP contribution in [0.2, 0.25) is 0 Å². The van der Waals surface area contributed by atoms with Gasteiger partial charge < -0.3 is 68.7 Å². The Hall–Kier alpha value is -5.52. The topological polar surface area (TPSA) is 254 Å². The van der Waals surface area contributed by atoms with E-state index in [0.717, 1.165) is 23.1 Å². The van der Waals surface area contributed by atoms with Crippen molar-refractivity contribution in [2.45, 2.75) is 25.9 Å². The van der Waals surface area contributed by atoms with Gasteiger partial charge in [-0.3, -0.25) is 4.79 Å². The quantitative estimate of drug-likeness (QED) is 0.0560. The fourth-order valence-electron chi connectivity index (χ4n) is 6.78. The van der Waals surface area contributed by atoms with Crippen molar-refractivity contribution < 1.29 is 56.6 Å². The summed E-state index contributed by atoms with van der Waals surface area (Å²) < 4.78 is 55.7. The van der Waals surface area contributed by atoms with Crippen LogP contribution in [0.15, 0.2) is 47.1 Å². The molecule has 0 aliphatic carbocycles. The van der Waals surface area contributed by atoms with Crippen molar-refractivity contribution in [3.63, 3.8) is 0 Å². The number of benzene rings is 2. The van der Waals surface area contributed by atoms with Crippen molar-refractivity contribution in [3.8, 4) is 11.3 Å². The number of anilines is 2. The summed E-state index contributed by atoms with van der Waals surface area (Å²) >= 11 is 0. The molecule has 0 spiro atoms. The molecule has 5 N–H and O–H groups in total. The maximum atomic E-state index is 13.0.